The van der Waals surface area contributed by atoms with Crippen LogP contribution < -0.4 is 11.1 Å². The Kier molecular flexibility index (Phi) is 6.49. The largest absolute Gasteiger partial charge is 0.420 e. The van der Waals surface area contributed by atoms with Crippen molar-refractivity contribution in [1.82, 2.24) is 25.0 Å². The predicted molar refractivity (Wildman–Crippen MR) is 124 cm³/mol. The van der Waals surface area contributed by atoms with Crippen molar-refractivity contribution in [3.63, 3.8) is 0 Å². The molecule has 0 saturated heterocycles. The highest BCUT2D eigenvalue weighted by atomic mass is 35.5. The van der Waals surface area contributed by atoms with Gasteiger partial charge in [-0.2, -0.15) is 28.6 Å². The second-order valence-electron chi connectivity index (χ2n) is 7.24. The minimum absolute atomic E-state index is 0.0257. The fraction of sp³-hybridized carbons (Fsp3) is 0.0435. The van der Waals surface area contributed by atoms with Gasteiger partial charge in [-0.25, -0.2) is 14.4 Å². The van der Waals surface area contributed by atoms with Gasteiger partial charge in [0.15, 0.2) is 11.5 Å². The Hall–Kier alpha value is -5.01. The number of halogens is 5. The van der Waals surface area contributed by atoms with Gasteiger partial charge in [-0.3, -0.25) is 4.79 Å². The molecule has 3 aromatic heterocycles. The third kappa shape index (κ3) is 4.76. The van der Waals surface area contributed by atoms with Crippen LogP contribution in [0.4, 0.5) is 28.9 Å². The molecule has 3 heterocycles. The summed E-state index contributed by atoms with van der Waals surface area (Å²) < 4.78 is 56.0. The summed E-state index contributed by atoms with van der Waals surface area (Å²) in [5, 5.41) is 18.4. The molecule has 37 heavy (non-hydrogen) atoms. The summed E-state index contributed by atoms with van der Waals surface area (Å²) in [6.07, 6.45) is 5.03. The van der Waals surface area contributed by atoms with Gasteiger partial charge in [0.1, 0.15) is 17.4 Å². The molecule has 3 N–H and O–H groups in total. The summed E-state index contributed by atoms with van der Waals surface area (Å²) in [6.45, 7) is 0. The van der Waals surface area contributed by atoms with E-state index in [4.69, 9.17) is 23.8 Å². The Labute approximate surface area is 210 Å². The standard InChI is InChI=1S/C23H11ClF4N8O/c1-2-11-9-31-18(8-29)20(30)19(11)14-6-16(24)13(7-17(14)25)22(37)35-12-5-15(23(26,27)28)21(32-10-12)36-33-3-4-34-36/h1,3-7,9-10H,30H2,(H,35,37). The average molecular weight is 527 g/mol. The van der Waals surface area contributed by atoms with E-state index in [0.717, 1.165) is 24.5 Å². The van der Waals surface area contributed by atoms with Gasteiger partial charge in [0.2, 0.25) is 0 Å². The Morgan fingerprint density at radius 1 is 1.16 bits per heavy atom. The quantitative estimate of drug-likeness (QED) is 0.300. The first-order valence-electron chi connectivity index (χ1n) is 9.95. The SMILES string of the molecule is C#Cc1cnc(C#N)c(N)c1-c1cc(Cl)c(C(=O)Nc2cnc(-n3nccn3)c(C(F)(F)F)c2)cc1F. The number of aromatic nitrogens is 5. The van der Waals surface area contributed by atoms with Crippen LogP contribution in [0.1, 0.15) is 27.2 Å². The molecule has 9 nitrogen and oxygen atoms in total. The molecule has 0 unspecified atom stereocenters. The van der Waals surface area contributed by atoms with E-state index >= 15 is 4.39 Å². The highest BCUT2D eigenvalue weighted by Gasteiger charge is 2.36. The van der Waals surface area contributed by atoms with E-state index in [1.807, 2.05) is 0 Å². The number of nitrogens with one attached hydrogen (secondary N) is 1. The predicted octanol–water partition coefficient (Wildman–Crippen LogP) is 4.22. The fourth-order valence-corrected chi connectivity index (χ4v) is 3.59. The van der Waals surface area contributed by atoms with Crippen molar-refractivity contribution in [1.29, 1.82) is 5.26 Å². The molecule has 4 aromatic rings. The number of carbonyl (C=O) groups excluding carboxylic acids is 1. The number of rotatable bonds is 4. The number of hydrogen-bond acceptors (Lipinski definition) is 7. The monoisotopic (exact) mass is 526 g/mol. The number of alkyl halides is 3. The maximum Gasteiger partial charge on any atom is 0.420 e. The van der Waals surface area contributed by atoms with E-state index < -0.39 is 34.8 Å². The molecule has 0 aliphatic carbocycles. The highest BCUT2D eigenvalue weighted by Crippen LogP contribution is 2.37. The van der Waals surface area contributed by atoms with Crippen molar-refractivity contribution in [3.05, 3.63) is 76.2 Å². The van der Waals surface area contributed by atoms with Crippen LogP contribution in [0, 0.1) is 29.5 Å². The summed E-state index contributed by atoms with van der Waals surface area (Å²) in [6, 6.07) is 4.21. The van der Waals surface area contributed by atoms with Crippen LogP contribution in [0.5, 0.6) is 0 Å². The summed E-state index contributed by atoms with van der Waals surface area (Å²) in [5.74, 6) is -0.331. The van der Waals surface area contributed by atoms with E-state index in [0.29, 0.717) is 10.9 Å². The lowest BCUT2D eigenvalue weighted by molar-refractivity contribution is -0.137. The van der Waals surface area contributed by atoms with Crippen LogP contribution in [0.15, 0.2) is 43.0 Å². The normalized spacial score (nSPS) is 11.0. The van der Waals surface area contributed by atoms with E-state index in [1.165, 1.54) is 12.4 Å². The molecule has 0 spiro atoms. The van der Waals surface area contributed by atoms with Gasteiger partial charge in [0.25, 0.3) is 5.91 Å². The fourth-order valence-electron chi connectivity index (χ4n) is 3.35. The van der Waals surface area contributed by atoms with Crippen molar-refractivity contribution >= 4 is 28.9 Å². The second-order valence-corrected chi connectivity index (χ2v) is 7.65. The zero-order chi connectivity index (χ0) is 26.9. The minimum atomic E-state index is -4.86. The summed E-state index contributed by atoms with van der Waals surface area (Å²) in [4.78, 5) is 21.0. The van der Waals surface area contributed by atoms with E-state index in [9.17, 15) is 23.2 Å². The number of benzene rings is 1. The average Bonchev–Trinajstić information content (AvgIpc) is 3.39. The molecule has 0 radical (unpaired) electrons. The number of hydrogen-bond donors (Lipinski definition) is 2. The van der Waals surface area contributed by atoms with E-state index in [-0.39, 0.29) is 38.8 Å². The first-order valence-corrected chi connectivity index (χ1v) is 10.3. The zero-order valence-electron chi connectivity index (χ0n) is 18.2. The number of terminal acetylenes is 1. The maximum absolute atomic E-state index is 15.1. The number of nitriles is 1. The molecule has 4 rings (SSSR count). The lowest BCUT2D eigenvalue weighted by atomic mass is 9.97. The van der Waals surface area contributed by atoms with Crippen LogP contribution >= 0.6 is 11.6 Å². The van der Waals surface area contributed by atoms with E-state index in [2.05, 4.69) is 31.4 Å². The Balaban J connectivity index is 1.71. The zero-order valence-corrected chi connectivity index (χ0v) is 18.9. The smallest absolute Gasteiger partial charge is 0.396 e. The number of carbonyl (C=O) groups is 1. The molecule has 184 valence electrons. The Bertz CT molecular complexity index is 1620. The lowest BCUT2D eigenvalue weighted by Crippen LogP contribution is -2.17. The molecule has 14 heteroatoms. The number of amides is 1. The first kappa shape index (κ1) is 25.1. The second kappa shape index (κ2) is 9.56. The molecule has 0 saturated carbocycles. The molecular weight excluding hydrogens is 516 g/mol. The van der Waals surface area contributed by atoms with Gasteiger partial charge in [0, 0.05) is 17.3 Å². The van der Waals surface area contributed by atoms with Gasteiger partial charge in [-0.05, 0) is 18.2 Å². The Morgan fingerprint density at radius 3 is 2.49 bits per heavy atom. The van der Waals surface area contributed by atoms with Crippen LogP contribution in [-0.4, -0.2) is 30.9 Å². The van der Waals surface area contributed by atoms with Gasteiger partial charge >= 0.3 is 6.18 Å². The number of nitrogen functional groups attached to an aromatic ring is 1. The third-order valence-electron chi connectivity index (χ3n) is 4.99. The van der Waals surface area contributed by atoms with Crippen molar-refractivity contribution in [3.8, 4) is 35.4 Å². The van der Waals surface area contributed by atoms with Crippen LogP contribution in [0.25, 0.3) is 16.9 Å². The minimum Gasteiger partial charge on any atom is -0.396 e. The van der Waals surface area contributed by atoms with Gasteiger partial charge in [-0.15, -0.1) is 11.2 Å². The topological polar surface area (TPSA) is 135 Å². The summed E-state index contributed by atoms with van der Waals surface area (Å²) in [7, 11) is 0. The number of pyridine rings is 2. The van der Waals surface area contributed by atoms with Gasteiger partial charge in [0.05, 0.1) is 46.1 Å². The van der Waals surface area contributed by atoms with E-state index in [1.54, 1.807) is 6.07 Å². The molecule has 0 bridgehead atoms. The number of anilines is 2. The molecule has 0 aliphatic rings. The number of nitrogens with zero attached hydrogens (tertiary/aromatic N) is 6. The molecule has 0 fully saturated rings. The van der Waals surface area contributed by atoms with Crippen LogP contribution in [-0.2, 0) is 6.18 Å². The van der Waals surface area contributed by atoms with Crippen molar-refractivity contribution < 1.29 is 22.4 Å². The molecular formula is C23H11ClF4N8O. The maximum atomic E-state index is 15.1. The molecule has 0 aliphatic heterocycles. The van der Waals surface area contributed by atoms with Gasteiger partial charge < -0.3 is 11.1 Å². The summed E-state index contributed by atoms with van der Waals surface area (Å²) in [5.41, 5.74) is 3.42. The third-order valence-corrected chi connectivity index (χ3v) is 5.30. The summed E-state index contributed by atoms with van der Waals surface area (Å²) >= 11 is 6.21. The molecule has 0 atom stereocenters. The highest BCUT2D eigenvalue weighted by molar-refractivity contribution is 6.34. The molecule has 1 aromatic carbocycles. The van der Waals surface area contributed by atoms with Crippen LogP contribution in [0.2, 0.25) is 5.02 Å². The van der Waals surface area contributed by atoms with Gasteiger partial charge in [-0.1, -0.05) is 17.5 Å². The van der Waals surface area contributed by atoms with Crippen molar-refractivity contribution in [2.24, 2.45) is 0 Å². The van der Waals surface area contributed by atoms with Crippen LogP contribution in [0.3, 0.4) is 0 Å². The van der Waals surface area contributed by atoms with Crippen molar-refractivity contribution in [2.45, 2.75) is 6.18 Å². The lowest BCUT2D eigenvalue weighted by Gasteiger charge is -2.15. The Morgan fingerprint density at radius 2 is 1.86 bits per heavy atom. The number of nitrogens with two attached hydrogens (primary N) is 1. The first-order chi connectivity index (χ1) is 17.5. The molecule has 1 amide bonds. The van der Waals surface area contributed by atoms with Crippen molar-refractivity contribution in [2.75, 3.05) is 11.1 Å².